The lowest BCUT2D eigenvalue weighted by atomic mass is 10.2. The van der Waals surface area contributed by atoms with Gasteiger partial charge >= 0.3 is 0 Å². The molecule has 0 saturated carbocycles. The standard InChI is InChI=1S/C10H19NO2SSi/c1-3-4-6-10(14,8-11)15(2)9(13)5-7-12/h12-14H,3-7H2,1-2H3/b15-9-. The van der Waals surface area contributed by atoms with E-state index in [-0.39, 0.29) is 18.4 Å². The van der Waals surface area contributed by atoms with Crippen LogP contribution < -0.4 is 0 Å². The molecule has 1 atom stereocenters. The lowest BCUT2D eigenvalue weighted by Gasteiger charge is -2.21. The summed E-state index contributed by atoms with van der Waals surface area (Å²) in [6.45, 7) is 3.86. The van der Waals surface area contributed by atoms with E-state index in [4.69, 9.17) is 10.4 Å². The molecule has 0 amide bonds. The lowest BCUT2D eigenvalue weighted by Crippen LogP contribution is -2.36. The maximum atomic E-state index is 9.69. The van der Waals surface area contributed by atoms with Gasteiger partial charge in [0.25, 0.3) is 0 Å². The highest BCUT2D eigenvalue weighted by Gasteiger charge is 2.30. The van der Waals surface area contributed by atoms with Crippen LogP contribution in [0.2, 0.25) is 6.55 Å². The summed E-state index contributed by atoms with van der Waals surface area (Å²) in [5.41, 5.74) is 0. The Morgan fingerprint density at radius 3 is 2.60 bits per heavy atom. The third-order valence-electron chi connectivity index (χ3n) is 2.48. The molecule has 5 heteroatoms. The molecule has 0 aromatic heterocycles. The number of rotatable bonds is 6. The SMILES string of the molecule is CCCCC(S)(C#N)/[Si](C)=C(\O)CCO. The molecule has 0 aliphatic rings. The Labute approximate surface area is 98.4 Å². The summed E-state index contributed by atoms with van der Waals surface area (Å²) in [7, 11) is -1.37. The second-order valence-electron chi connectivity index (χ2n) is 3.62. The van der Waals surface area contributed by atoms with Crippen LogP contribution in [0.25, 0.3) is 0 Å². The van der Waals surface area contributed by atoms with E-state index >= 15 is 0 Å². The van der Waals surface area contributed by atoms with E-state index in [1.54, 1.807) is 0 Å². The third-order valence-corrected chi connectivity index (χ3v) is 6.53. The maximum absolute atomic E-state index is 9.69. The summed E-state index contributed by atoms with van der Waals surface area (Å²) >= 11 is 4.40. The van der Waals surface area contributed by atoms with Crippen LogP contribution in [0.15, 0.2) is 0 Å². The molecule has 0 heterocycles. The van der Waals surface area contributed by atoms with Crippen LogP contribution in [0.4, 0.5) is 0 Å². The Bertz CT molecular complexity index is 275. The van der Waals surface area contributed by atoms with Gasteiger partial charge in [0.2, 0.25) is 0 Å². The average molecular weight is 245 g/mol. The van der Waals surface area contributed by atoms with Crippen molar-refractivity contribution in [3.8, 4) is 6.07 Å². The first-order valence-corrected chi connectivity index (χ1v) is 7.60. The monoisotopic (exact) mass is 245 g/mol. The summed E-state index contributed by atoms with van der Waals surface area (Å²) in [5.74, 6) is 0. The number of hydrogen-bond acceptors (Lipinski definition) is 4. The topological polar surface area (TPSA) is 64.2 Å². The van der Waals surface area contributed by atoms with E-state index in [1.165, 1.54) is 0 Å². The van der Waals surface area contributed by atoms with Gasteiger partial charge in [0.1, 0.15) is 4.37 Å². The smallest absolute Gasteiger partial charge is 0.108 e. The lowest BCUT2D eigenvalue weighted by molar-refractivity contribution is 0.300. The number of nitriles is 1. The molecule has 86 valence electrons. The van der Waals surface area contributed by atoms with Crippen LogP contribution in [-0.4, -0.2) is 35.0 Å². The Balaban J connectivity index is 4.79. The zero-order chi connectivity index (χ0) is 11.9. The zero-order valence-corrected chi connectivity index (χ0v) is 11.2. The van der Waals surface area contributed by atoms with Crippen molar-refractivity contribution in [2.75, 3.05) is 6.61 Å². The van der Waals surface area contributed by atoms with Crippen molar-refractivity contribution in [2.24, 2.45) is 0 Å². The maximum Gasteiger partial charge on any atom is 0.108 e. The van der Waals surface area contributed by atoms with Crippen molar-refractivity contribution in [1.29, 1.82) is 5.26 Å². The van der Waals surface area contributed by atoms with E-state index in [0.717, 1.165) is 12.8 Å². The molecule has 3 nitrogen and oxygen atoms in total. The Hall–Kier alpha value is -0.313. The molecule has 0 radical (unpaired) electrons. The first-order chi connectivity index (χ1) is 7.01. The van der Waals surface area contributed by atoms with Crippen molar-refractivity contribution < 1.29 is 10.2 Å². The van der Waals surface area contributed by atoms with Crippen molar-refractivity contribution in [2.45, 2.75) is 43.5 Å². The summed E-state index contributed by atoms with van der Waals surface area (Å²) in [5, 5.41) is 27.8. The highest BCUT2D eigenvalue weighted by atomic mass is 32.1. The van der Waals surface area contributed by atoms with Gasteiger partial charge in [-0.15, -0.1) is 0 Å². The Morgan fingerprint density at radius 1 is 1.60 bits per heavy atom. The van der Waals surface area contributed by atoms with Gasteiger partial charge in [-0.1, -0.05) is 26.3 Å². The highest BCUT2D eigenvalue weighted by Crippen LogP contribution is 2.22. The van der Waals surface area contributed by atoms with Gasteiger partial charge in [-0.2, -0.15) is 17.9 Å². The molecule has 0 spiro atoms. The molecular weight excluding hydrogens is 226 g/mol. The molecule has 0 aromatic carbocycles. The van der Waals surface area contributed by atoms with Crippen LogP contribution in [-0.2, 0) is 0 Å². The van der Waals surface area contributed by atoms with E-state index < -0.39 is 12.8 Å². The Kier molecular flexibility index (Phi) is 6.90. The zero-order valence-electron chi connectivity index (χ0n) is 9.32. The second-order valence-corrected chi connectivity index (χ2v) is 7.49. The van der Waals surface area contributed by atoms with E-state index in [1.807, 2.05) is 6.55 Å². The normalized spacial score (nSPS) is 16.5. The molecule has 0 aromatic rings. The predicted molar refractivity (Wildman–Crippen MR) is 67.1 cm³/mol. The molecule has 0 bridgehead atoms. The largest absolute Gasteiger partial charge is 0.518 e. The summed E-state index contributed by atoms with van der Waals surface area (Å²) in [6.07, 6.45) is 2.91. The number of thiol groups is 1. The number of unbranched alkanes of at least 4 members (excludes halogenated alkanes) is 1. The number of aliphatic hydroxyl groups excluding tert-OH is 2. The van der Waals surface area contributed by atoms with Gasteiger partial charge in [-0.3, -0.25) is 0 Å². The van der Waals surface area contributed by atoms with E-state index in [2.05, 4.69) is 25.6 Å². The average Bonchev–Trinajstić information content (AvgIpc) is 2.25. The molecule has 0 rings (SSSR count). The summed E-state index contributed by atoms with van der Waals surface area (Å²) in [6, 6.07) is 2.20. The highest BCUT2D eigenvalue weighted by molar-refractivity contribution is 7.84. The summed E-state index contributed by atoms with van der Waals surface area (Å²) in [4.78, 5) is 0. The van der Waals surface area contributed by atoms with Crippen LogP contribution in [0, 0.1) is 11.3 Å². The van der Waals surface area contributed by atoms with Crippen molar-refractivity contribution >= 4 is 26.4 Å². The fraction of sp³-hybridized carbons (Fsp3) is 0.800. The van der Waals surface area contributed by atoms with Gasteiger partial charge in [0.05, 0.1) is 19.8 Å². The molecular formula is C10H19NO2SSi. The molecule has 0 aliphatic heterocycles. The van der Waals surface area contributed by atoms with Gasteiger partial charge in [0.15, 0.2) is 0 Å². The molecule has 0 fully saturated rings. The quantitative estimate of drug-likeness (QED) is 0.491. The van der Waals surface area contributed by atoms with Crippen molar-refractivity contribution in [3.63, 3.8) is 0 Å². The minimum Gasteiger partial charge on any atom is -0.518 e. The molecule has 0 saturated heterocycles. The molecule has 15 heavy (non-hydrogen) atoms. The number of hydrogen-bond donors (Lipinski definition) is 3. The fourth-order valence-corrected chi connectivity index (χ4v) is 3.52. The van der Waals surface area contributed by atoms with Gasteiger partial charge in [-0.25, -0.2) is 0 Å². The number of nitrogens with zero attached hydrogens (tertiary/aromatic N) is 1. The summed E-state index contributed by atoms with van der Waals surface area (Å²) < 4.78 is -0.722. The molecule has 0 aliphatic carbocycles. The predicted octanol–water partition coefficient (Wildman–Crippen LogP) is 1.50. The van der Waals surface area contributed by atoms with Crippen LogP contribution in [0.5, 0.6) is 0 Å². The molecule has 1 unspecified atom stereocenters. The van der Waals surface area contributed by atoms with E-state index in [9.17, 15) is 5.11 Å². The van der Waals surface area contributed by atoms with Gasteiger partial charge in [0, 0.05) is 13.0 Å². The van der Waals surface area contributed by atoms with E-state index in [0.29, 0.717) is 6.42 Å². The van der Waals surface area contributed by atoms with Crippen molar-refractivity contribution in [3.05, 3.63) is 0 Å². The van der Waals surface area contributed by atoms with Crippen LogP contribution in [0.3, 0.4) is 0 Å². The van der Waals surface area contributed by atoms with Crippen molar-refractivity contribution in [1.82, 2.24) is 0 Å². The third kappa shape index (κ3) is 4.37. The van der Waals surface area contributed by atoms with Crippen LogP contribution >= 0.6 is 12.6 Å². The minimum absolute atomic E-state index is 0.0725. The molecule has 2 N–H and O–H groups in total. The number of aliphatic hydroxyl groups is 2. The first-order valence-electron chi connectivity index (χ1n) is 5.15. The van der Waals surface area contributed by atoms with Crippen LogP contribution in [0.1, 0.15) is 32.6 Å². The first kappa shape index (κ1) is 14.7. The minimum atomic E-state index is -1.37. The van der Waals surface area contributed by atoms with Gasteiger partial charge in [-0.05, 0) is 6.42 Å². The second kappa shape index (κ2) is 7.04. The van der Waals surface area contributed by atoms with Gasteiger partial charge < -0.3 is 10.2 Å². The Morgan fingerprint density at radius 2 is 2.20 bits per heavy atom. The fourth-order valence-electron chi connectivity index (χ4n) is 1.29.